The molecule has 12 heavy (non-hydrogen) atoms. The minimum atomic E-state index is 0. The van der Waals surface area contributed by atoms with Gasteiger partial charge in [0.05, 0.1) is 12.5 Å². The van der Waals surface area contributed by atoms with Crippen LogP contribution in [0.5, 0.6) is 0 Å². The van der Waals surface area contributed by atoms with E-state index in [2.05, 4.69) is 11.1 Å². The van der Waals surface area contributed by atoms with Crippen LogP contribution >= 0.6 is 71.9 Å². The van der Waals surface area contributed by atoms with E-state index in [1.807, 2.05) is 12.1 Å². The molecule has 5 heteroatoms. The summed E-state index contributed by atoms with van der Waals surface area (Å²) in [7, 11) is 0. The average molecular weight is 502 g/mol. The maximum Gasteiger partial charge on any atom is 0.0669 e. The predicted molar refractivity (Wildman–Crippen MR) is 79.8 cm³/mol. The van der Waals surface area contributed by atoms with Gasteiger partial charge in [0, 0.05) is 12.4 Å². The van der Waals surface area contributed by atoms with E-state index in [0.717, 1.165) is 5.56 Å². The van der Waals surface area contributed by atoms with Gasteiger partial charge in [0.2, 0.25) is 0 Å². The summed E-state index contributed by atoms with van der Waals surface area (Å²) in [6.45, 7) is 0. The van der Waals surface area contributed by atoms with Gasteiger partial charge in [0.1, 0.15) is 0 Å². The van der Waals surface area contributed by atoms with Crippen molar-refractivity contribution >= 4 is 71.9 Å². The number of halogens is 3. The Morgan fingerprint density at radius 3 is 2.08 bits per heavy atom. The molecule has 68 valence electrons. The van der Waals surface area contributed by atoms with Crippen LogP contribution in [0.25, 0.3) is 0 Å². The molecule has 0 aliphatic carbocycles. The summed E-state index contributed by atoms with van der Waals surface area (Å²) in [5.41, 5.74) is 1.02. The summed E-state index contributed by atoms with van der Waals surface area (Å²) in [6.07, 6.45) is 3.85. The maximum atomic E-state index is 8.25. The predicted octanol–water partition coefficient (Wildman–Crippen LogP) is 3.00. The lowest BCUT2D eigenvalue weighted by Gasteiger charge is -1.87. The largest absolute Gasteiger partial charge is 0.265 e. The third-order valence-electron chi connectivity index (χ3n) is 1.03. The van der Waals surface area contributed by atoms with Gasteiger partial charge in [0.25, 0.3) is 0 Å². The first kappa shape index (κ1) is 18.6. The number of nitrogens with zero attached hydrogens (tertiary/aromatic N) is 2. The summed E-state index contributed by atoms with van der Waals surface area (Å²) in [5, 5.41) is 8.25. The number of rotatable bonds is 1. The molecule has 0 aliphatic rings. The van der Waals surface area contributed by atoms with Crippen molar-refractivity contribution < 1.29 is 0 Å². The van der Waals surface area contributed by atoms with Crippen LogP contribution in [0.3, 0.4) is 0 Å². The smallest absolute Gasteiger partial charge is 0.0669 e. The molecule has 1 heterocycles. The minimum absolute atomic E-state index is 0. The van der Waals surface area contributed by atoms with Gasteiger partial charge in [-0.15, -0.1) is 71.9 Å². The molecule has 0 radical (unpaired) electrons. The molecule has 0 spiro atoms. The van der Waals surface area contributed by atoms with Crippen molar-refractivity contribution in [1.29, 1.82) is 5.26 Å². The number of hydrogen-bond acceptors (Lipinski definition) is 2. The van der Waals surface area contributed by atoms with Gasteiger partial charge in [-0.1, -0.05) is 0 Å². The summed E-state index contributed by atoms with van der Waals surface area (Å²) >= 11 is 0. The Morgan fingerprint density at radius 2 is 1.67 bits per heavy atom. The van der Waals surface area contributed by atoms with Crippen LogP contribution in [-0.4, -0.2) is 4.98 Å². The van der Waals surface area contributed by atoms with Gasteiger partial charge in [-0.25, -0.2) is 0 Å². The van der Waals surface area contributed by atoms with Gasteiger partial charge in [-0.05, 0) is 17.7 Å². The average Bonchev–Trinajstić information content (AvgIpc) is 1.91. The summed E-state index contributed by atoms with van der Waals surface area (Å²) < 4.78 is 0. The lowest BCUT2D eigenvalue weighted by Crippen LogP contribution is -1.79. The Bertz CT molecular complexity index is 220. The number of hydrogen-bond donors (Lipinski definition) is 0. The molecule has 1 aromatic rings. The molecular weight excluding hydrogens is 493 g/mol. The standard InChI is InChI=1S/C7H6N2.3HI/c8-4-1-7-2-5-9-6-3-7;;;/h2-3,5-6H,1H2;3*1H. The first-order valence-electron chi connectivity index (χ1n) is 2.69. The second-order valence-electron chi connectivity index (χ2n) is 1.69. The van der Waals surface area contributed by atoms with Crippen molar-refractivity contribution in [3.8, 4) is 6.07 Å². The molecule has 0 aliphatic heterocycles. The van der Waals surface area contributed by atoms with Gasteiger partial charge in [-0.3, -0.25) is 4.98 Å². The second-order valence-corrected chi connectivity index (χ2v) is 1.69. The zero-order chi connectivity index (χ0) is 6.53. The molecule has 1 rings (SSSR count). The second kappa shape index (κ2) is 11.8. The molecule has 0 N–H and O–H groups in total. The van der Waals surface area contributed by atoms with Crippen LogP contribution in [0.1, 0.15) is 5.56 Å². The van der Waals surface area contributed by atoms with Gasteiger partial charge < -0.3 is 0 Å². The summed E-state index contributed by atoms with van der Waals surface area (Å²) in [5.74, 6) is 0. The summed E-state index contributed by atoms with van der Waals surface area (Å²) in [4.78, 5) is 3.82. The summed E-state index contributed by atoms with van der Waals surface area (Å²) in [6, 6.07) is 5.73. The molecule has 0 aromatic carbocycles. The highest BCUT2D eigenvalue weighted by Crippen LogP contribution is 1.94. The number of pyridine rings is 1. The van der Waals surface area contributed by atoms with Gasteiger partial charge in [-0.2, -0.15) is 5.26 Å². The van der Waals surface area contributed by atoms with E-state index in [-0.39, 0.29) is 71.9 Å². The third-order valence-corrected chi connectivity index (χ3v) is 1.03. The van der Waals surface area contributed by atoms with Crippen LogP contribution in [0, 0.1) is 11.3 Å². The molecule has 0 fully saturated rings. The van der Waals surface area contributed by atoms with Crippen molar-refractivity contribution in [3.63, 3.8) is 0 Å². The van der Waals surface area contributed by atoms with Crippen LogP contribution in [-0.2, 0) is 6.42 Å². The van der Waals surface area contributed by atoms with E-state index < -0.39 is 0 Å². The molecule has 0 unspecified atom stereocenters. The SMILES string of the molecule is I.I.I.N#CCc1ccncc1. The fraction of sp³-hybridized carbons (Fsp3) is 0.143. The third kappa shape index (κ3) is 7.48. The topological polar surface area (TPSA) is 36.7 Å². The Balaban J connectivity index is -0.000000270. The van der Waals surface area contributed by atoms with E-state index >= 15 is 0 Å². The molecule has 2 nitrogen and oxygen atoms in total. The van der Waals surface area contributed by atoms with E-state index in [1.165, 1.54) is 0 Å². The monoisotopic (exact) mass is 502 g/mol. The zero-order valence-electron chi connectivity index (χ0n) is 6.14. The maximum absolute atomic E-state index is 8.25. The van der Waals surface area contributed by atoms with Gasteiger partial charge in [0.15, 0.2) is 0 Å². The molecule has 1 aromatic heterocycles. The molecule has 0 saturated carbocycles. The number of aromatic nitrogens is 1. The van der Waals surface area contributed by atoms with Crippen LogP contribution in [0.2, 0.25) is 0 Å². The fourth-order valence-corrected chi connectivity index (χ4v) is 0.592. The molecule has 0 saturated heterocycles. The Labute approximate surface area is 123 Å². The highest BCUT2D eigenvalue weighted by molar-refractivity contribution is 14.0. The molecular formula is C7H9I3N2. The normalized spacial score (nSPS) is 6.25. The first-order chi connectivity index (χ1) is 4.43. The highest BCUT2D eigenvalue weighted by Gasteiger charge is 1.85. The van der Waals surface area contributed by atoms with E-state index in [9.17, 15) is 0 Å². The molecule has 0 amide bonds. The van der Waals surface area contributed by atoms with Crippen LogP contribution in [0.15, 0.2) is 24.5 Å². The Hall–Kier alpha value is 0.830. The fourth-order valence-electron chi connectivity index (χ4n) is 0.592. The first-order valence-corrected chi connectivity index (χ1v) is 2.69. The lowest BCUT2D eigenvalue weighted by molar-refractivity contribution is 1.21. The lowest BCUT2D eigenvalue weighted by atomic mass is 10.2. The van der Waals surface area contributed by atoms with Crippen molar-refractivity contribution in [2.45, 2.75) is 6.42 Å². The van der Waals surface area contributed by atoms with Crippen molar-refractivity contribution in [3.05, 3.63) is 30.1 Å². The Morgan fingerprint density at radius 1 is 1.17 bits per heavy atom. The van der Waals surface area contributed by atoms with Crippen molar-refractivity contribution in [2.75, 3.05) is 0 Å². The molecule has 0 atom stereocenters. The number of nitriles is 1. The van der Waals surface area contributed by atoms with Crippen molar-refractivity contribution in [1.82, 2.24) is 4.98 Å². The van der Waals surface area contributed by atoms with Gasteiger partial charge >= 0.3 is 0 Å². The highest BCUT2D eigenvalue weighted by atomic mass is 127. The van der Waals surface area contributed by atoms with E-state index in [1.54, 1.807) is 12.4 Å². The van der Waals surface area contributed by atoms with E-state index in [4.69, 9.17) is 5.26 Å². The van der Waals surface area contributed by atoms with Crippen LogP contribution in [0.4, 0.5) is 0 Å². The Kier molecular flexibility index (Phi) is 18.3. The minimum Gasteiger partial charge on any atom is -0.265 e. The van der Waals surface area contributed by atoms with Crippen LogP contribution < -0.4 is 0 Å². The quantitative estimate of drug-likeness (QED) is 0.555. The molecule has 0 bridgehead atoms. The van der Waals surface area contributed by atoms with Crippen molar-refractivity contribution in [2.24, 2.45) is 0 Å². The zero-order valence-corrected chi connectivity index (χ0v) is 13.1. The van der Waals surface area contributed by atoms with E-state index in [0.29, 0.717) is 6.42 Å².